The zero-order chi connectivity index (χ0) is 12.6. The second-order valence-electron chi connectivity index (χ2n) is 5.29. The summed E-state index contributed by atoms with van der Waals surface area (Å²) in [6.45, 7) is 7.03. The largest absolute Gasteiger partial charge is 0.344 e. The van der Waals surface area contributed by atoms with Crippen LogP contribution in [0.5, 0.6) is 0 Å². The molecule has 0 aliphatic carbocycles. The van der Waals surface area contributed by atoms with Crippen molar-refractivity contribution >= 4 is 24.8 Å². The van der Waals surface area contributed by atoms with Gasteiger partial charge in [-0.2, -0.15) is 0 Å². The van der Waals surface area contributed by atoms with E-state index in [1.54, 1.807) is 0 Å². The molecule has 0 atom stereocenters. The lowest BCUT2D eigenvalue weighted by Gasteiger charge is -2.04. The number of hydrogen-bond acceptors (Lipinski definition) is 2. The maximum absolute atomic E-state index is 3.56. The summed E-state index contributed by atoms with van der Waals surface area (Å²) >= 11 is 0. The summed E-state index contributed by atoms with van der Waals surface area (Å²) in [6.07, 6.45) is 16.9. The molecular formula is C16H40Cl2N2. The fraction of sp³-hybridized carbons (Fsp3) is 1.00. The molecule has 4 heteroatoms. The molecule has 0 bridgehead atoms. The summed E-state index contributed by atoms with van der Waals surface area (Å²) in [5, 5.41) is 3.56. The first-order valence-electron chi connectivity index (χ1n) is 8.12. The molecule has 0 aromatic rings. The van der Waals surface area contributed by atoms with Crippen LogP contribution in [0.4, 0.5) is 0 Å². The lowest BCUT2D eigenvalue weighted by atomic mass is 10.1. The first kappa shape index (κ1) is 28.6. The Hall–Kier alpha value is 0.500. The summed E-state index contributed by atoms with van der Waals surface area (Å²) in [7, 11) is 0. The molecule has 0 aromatic heterocycles. The van der Waals surface area contributed by atoms with Crippen LogP contribution in [0.3, 0.4) is 0 Å². The summed E-state index contributed by atoms with van der Waals surface area (Å²) < 4.78 is 0. The van der Waals surface area contributed by atoms with E-state index in [2.05, 4.69) is 19.2 Å². The molecule has 0 saturated carbocycles. The van der Waals surface area contributed by atoms with Crippen molar-refractivity contribution in [1.82, 2.24) is 11.5 Å². The summed E-state index contributed by atoms with van der Waals surface area (Å²) in [5.41, 5.74) is 0. The summed E-state index contributed by atoms with van der Waals surface area (Å²) in [4.78, 5) is 0. The van der Waals surface area contributed by atoms with E-state index in [0.717, 1.165) is 0 Å². The van der Waals surface area contributed by atoms with Crippen molar-refractivity contribution in [2.45, 2.75) is 90.9 Å². The first-order chi connectivity index (χ1) is 8.41. The predicted octanol–water partition coefficient (Wildman–Crippen LogP) is 6.30. The Balaban J connectivity index is -0.000000427. The van der Waals surface area contributed by atoms with Gasteiger partial charge in [0, 0.05) is 0 Å². The van der Waals surface area contributed by atoms with E-state index in [-0.39, 0.29) is 31.0 Å². The third-order valence-electron chi connectivity index (χ3n) is 3.41. The average Bonchev–Trinajstić information content (AvgIpc) is 2.35. The predicted molar refractivity (Wildman–Crippen MR) is 99.1 cm³/mol. The maximum atomic E-state index is 3.56. The van der Waals surface area contributed by atoms with Crippen molar-refractivity contribution in [3.05, 3.63) is 0 Å². The van der Waals surface area contributed by atoms with Crippen molar-refractivity contribution in [3.63, 3.8) is 0 Å². The van der Waals surface area contributed by atoms with Gasteiger partial charge in [0.15, 0.2) is 0 Å². The van der Waals surface area contributed by atoms with E-state index in [1.807, 2.05) is 0 Å². The minimum Gasteiger partial charge on any atom is -0.344 e. The van der Waals surface area contributed by atoms with Gasteiger partial charge in [0.25, 0.3) is 0 Å². The summed E-state index contributed by atoms with van der Waals surface area (Å²) in [5.74, 6) is 0. The van der Waals surface area contributed by atoms with Crippen LogP contribution in [-0.4, -0.2) is 13.1 Å². The molecule has 0 aliphatic heterocycles. The lowest BCUT2D eigenvalue weighted by molar-refractivity contribution is 0.542. The van der Waals surface area contributed by atoms with E-state index in [0.29, 0.717) is 0 Å². The van der Waals surface area contributed by atoms with Gasteiger partial charge in [-0.25, -0.2) is 0 Å². The van der Waals surface area contributed by atoms with E-state index in [4.69, 9.17) is 0 Å². The van der Waals surface area contributed by atoms with Gasteiger partial charge in [-0.05, 0) is 25.9 Å². The molecule has 0 radical (unpaired) electrons. The lowest BCUT2D eigenvalue weighted by Crippen LogP contribution is -2.16. The SMILES string of the molecule is CCCCCCCCCCNCCCCCC.Cl.Cl.N. The quantitative estimate of drug-likeness (QED) is 0.367. The van der Waals surface area contributed by atoms with Crippen molar-refractivity contribution in [3.8, 4) is 0 Å². The highest BCUT2D eigenvalue weighted by molar-refractivity contribution is 5.85. The van der Waals surface area contributed by atoms with E-state index < -0.39 is 0 Å². The molecule has 0 aromatic carbocycles. The Morgan fingerprint density at radius 1 is 0.500 bits per heavy atom. The van der Waals surface area contributed by atoms with Crippen molar-refractivity contribution in [2.24, 2.45) is 0 Å². The standard InChI is InChI=1S/C16H35N.2ClH.H3N/c1-3-5-7-9-10-11-12-14-16-17-15-13-8-6-4-2;;;/h17H,3-16H2,1-2H3;2*1H;1H3. The van der Waals surface area contributed by atoms with Crippen molar-refractivity contribution in [1.29, 1.82) is 0 Å². The average molecular weight is 331 g/mol. The molecular weight excluding hydrogens is 291 g/mol. The highest BCUT2D eigenvalue weighted by Crippen LogP contribution is 2.07. The van der Waals surface area contributed by atoms with Crippen LogP contribution in [0.25, 0.3) is 0 Å². The smallest absolute Gasteiger partial charge is 0.00489 e. The monoisotopic (exact) mass is 330 g/mol. The van der Waals surface area contributed by atoms with Gasteiger partial charge in [0.2, 0.25) is 0 Å². The van der Waals surface area contributed by atoms with E-state index in [1.165, 1.54) is 90.1 Å². The van der Waals surface area contributed by atoms with Crippen molar-refractivity contribution in [2.75, 3.05) is 13.1 Å². The Morgan fingerprint density at radius 3 is 1.20 bits per heavy atom. The molecule has 4 N–H and O–H groups in total. The second-order valence-corrected chi connectivity index (χ2v) is 5.29. The molecule has 0 fully saturated rings. The highest BCUT2D eigenvalue weighted by atomic mass is 35.5. The van der Waals surface area contributed by atoms with Crippen molar-refractivity contribution < 1.29 is 0 Å². The maximum Gasteiger partial charge on any atom is -0.00489 e. The third-order valence-corrected chi connectivity index (χ3v) is 3.41. The van der Waals surface area contributed by atoms with Crippen LogP contribution in [-0.2, 0) is 0 Å². The molecule has 20 heavy (non-hydrogen) atoms. The van der Waals surface area contributed by atoms with Crippen LogP contribution < -0.4 is 11.5 Å². The molecule has 0 heterocycles. The topological polar surface area (TPSA) is 47.0 Å². The molecule has 0 amide bonds. The number of rotatable bonds is 14. The first-order valence-corrected chi connectivity index (χ1v) is 8.12. The van der Waals surface area contributed by atoms with Crippen LogP contribution in [0, 0.1) is 0 Å². The molecule has 0 unspecified atom stereocenters. The van der Waals surface area contributed by atoms with Crippen LogP contribution in [0.2, 0.25) is 0 Å². The zero-order valence-corrected chi connectivity index (χ0v) is 15.6. The van der Waals surface area contributed by atoms with Gasteiger partial charge in [-0.3, -0.25) is 0 Å². The normalized spacial score (nSPS) is 9.30. The molecule has 0 aliphatic rings. The Labute approximate surface area is 140 Å². The number of unbranched alkanes of at least 4 members (excludes halogenated alkanes) is 10. The van der Waals surface area contributed by atoms with Gasteiger partial charge in [-0.15, -0.1) is 24.8 Å². The van der Waals surface area contributed by atoms with Crippen LogP contribution in [0.1, 0.15) is 90.9 Å². The van der Waals surface area contributed by atoms with Gasteiger partial charge < -0.3 is 11.5 Å². The van der Waals surface area contributed by atoms with Gasteiger partial charge in [0.05, 0.1) is 0 Å². The van der Waals surface area contributed by atoms with Crippen LogP contribution in [0.15, 0.2) is 0 Å². The highest BCUT2D eigenvalue weighted by Gasteiger charge is 1.92. The second kappa shape index (κ2) is 27.8. The van der Waals surface area contributed by atoms with E-state index >= 15 is 0 Å². The summed E-state index contributed by atoms with van der Waals surface area (Å²) in [6, 6.07) is 0. The fourth-order valence-electron chi connectivity index (χ4n) is 2.19. The molecule has 0 spiro atoms. The molecule has 128 valence electrons. The molecule has 0 rings (SSSR count). The Bertz CT molecular complexity index is 122. The third kappa shape index (κ3) is 26.9. The van der Waals surface area contributed by atoms with Gasteiger partial charge in [0.1, 0.15) is 0 Å². The molecule has 2 nitrogen and oxygen atoms in total. The minimum atomic E-state index is 0. The number of hydrogen-bond donors (Lipinski definition) is 2. The Morgan fingerprint density at radius 2 is 0.800 bits per heavy atom. The minimum absolute atomic E-state index is 0. The van der Waals surface area contributed by atoms with E-state index in [9.17, 15) is 0 Å². The van der Waals surface area contributed by atoms with Gasteiger partial charge in [-0.1, -0.05) is 78.1 Å². The van der Waals surface area contributed by atoms with Gasteiger partial charge >= 0.3 is 0 Å². The number of halogens is 2. The molecule has 0 saturated heterocycles. The fourth-order valence-corrected chi connectivity index (χ4v) is 2.19. The number of nitrogens with one attached hydrogen (secondary N) is 1. The Kier molecular flexibility index (Phi) is 39.8. The zero-order valence-electron chi connectivity index (χ0n) is 13.9. The van der Waals surface area contributed by atoms with Crippen LogP contribution >= 0.6 is 24.8 Å².